The van der Waals surface area contributed by atoms with Gasteiger partial charge in [0.15, 0.2) is 0 Å². The number of nitrogens with one attached hydrogen (secondary N) is 1. The van der Waals surface area contributed by atoms with Crippen molar-refractivity contribution >= 4 is 5.91 Å². The van der Waals surface area contributed by atoms with Crippen LogP contribution in [0, 0.1) is 23.7 Å². The number of benzene rings is 1. The Morgan fingerprint density at radius 3 is 3.00 bits per heavy atom. The van der Waals surface area contributed by atoms with Gasteiger partial charge in [0.1, 0.15) is 6.61 Å². The molecule has 20 heavy (non-hydrogen) atoms. The van der Waals surface area contributed by atoms with E-state index in [-0.39, 0.29) is 12.5 Å². The van der Waals surface area contributed by atoms with E-state index in [0.29, 0.717) is 11.5 Å². The van der Waals surface area contributed by atoms with E-state index in [0.717, 1.165) is 18.0 Å². The van der Waals surface area contributed by atoms with Crippen molar-refractivity contribution in [2.45, 2.75) is 26.2 Å². The SMILES string of the molecule is CC1CCC(CNC(=O)c2cccc(C#CCO)c2)C1. The fourth-order valence-corrected chi connectivity index (χ4v) is 2.73. The molecule has 1 amide bonds. The normalized spacial score (nSPS) is 21.1. The molecule has 1 aromatic carbocycles. The molecule has 3 heteroatoms. The second kappa shape index (κ2) is 7.12. The maximum absolute atomic E-state index is 12.1. The minimum absolute atomic E-state index is 0.0443. The Bertz CT molecular complexity index is 527. The van der Waals surface area contributed by atoms with Crippen molar-refractivity contribution in [2.75, 3.05) is 13.2 Å². The summed E-state index contributed by atoms with van der Waals surface area (Å²) >= 11 is 0. The van der Waals surface area contributed by atoms with Gasteiger partial charge in [-0.2, -0.15) is 0 Å². The Balaban J connectivity index is 1.92. The highest BCUT2D eigenvalue weighted by atomic mass is 16.2. The van der Waals surface area contributed by atoms with Crippen LogP contribution in [0.3, 0.4) is 0 Å². The fraction of sp³-hybridized carbons (Fsp3) is 0.471. The zero-order valence-electron chi connectivity index (χ0n) is 11.9. The van der Waals surface area contributed by atoms with Crippen molar-refractivity contribution in [3.63, 3.8) is 0 Å². The van der Waals surface area contributed by atoms with Gasteiger partial charge in [0.25, 0.3) is 5.91 Å². The highest BCUT2D eigenvalue weighted by molar-refractivity contribution is 5.94. The Morgan fingerprint density at radius 2 is 2.30 bits per heavy atom. The van der Waals surface area contributed by atoms with Crippen LogP contribution in [-0.2, 0) is 0 Å². The first-order chi connectivity index (χ1) is 9.69. The molecule has 1 aromatic rings. The first-order valence-corrected chi connectivity index (χ1v) is 7.17. The molecule has 1 fully saturated rings. The van der Waals surface area contributed by atoms with E-state index in [2.05, 4.69) is 24.1 Å². The van der Waals surface area contributed by atoms with E-state index >= 15 is 0 Å². The number of carbonyl (C=O) groups excluding carboxylic acids is 1. The number of hydrogen-bond donors (Lipinski definition) is 2. The van der Waals surface area contributed by atoms with E-state index in [1.807, 2.05) is 12.1 Å². The van der Waals surface area contributed by atoms with Crippen LogP contribution >= 0.6 is 0 Å². The summed E-state index contributed by atoms with van der Waals surface area (Å²) in [6, 6.07) is 7.19. The van der Waals surface area contributed by atoms with Crippen LogP contribution in [-0.4, -0.2) is 24.2 Å². The molecular weight excluding hydrogens is 250 g/mol. The van der Waals surface area contributed by atoms with Gasteiger partial charge in [-0.15, -0.1) is 0 Å². The molecule has 106 valence electrons. The molecule has 0 saturated heterocycles. The second-order valence-electron chi connectivity index (χ2n) is 5.53. The quantitative estimate of drug-likeness (QED) is 0.828. The molecule has 0 radical (unpaired) electrons. The third-order valence-corrected chi connectivity index (χ3v) is 3.79. The van der Waals surface area contributed by atoms with E-state index in [1.165, 1.54) is 19.3 Å². The zero-order valence-corrected chi connectivity index (χ0v) is 11.9. The standard InChI is InChI=1S/C17H21NO2/c1-13-7-8-15(10-13)12-18-17(20)16-6-2-4-14(11-16)5-3-9-19/h2,4,6,11,13,15,19H,7-10,12H2,1H3,(H,18,20). The monoisotopic (exact) mass is 271 g/mol. The first kappa shape index (κ1) is 14.6. The third-order valence-electron chi connectivity index (χ3n) is 3.79. The molecular formula is C17H21NO2. The largest absolute Gasteiger partial charge is 0.384 e. The molecule has 0 aromatic heterocycles. The number of hydrogen-bond acceptors (Lipinski definition) is 2. The summed E-state index contributed by atoms with van der Waals surface area (Å²) in [6.45, 7) is 2.86. The van der Waals surface area contributed by atoms with Crippen molar-refractivity contribution in [1.29, 1.82) is 0 Å². The summed E-state index contributed by atoms with van der Waals surface area (Å²) in [5.74, 6) is 6.76. The number of rotatable bonds is 3. The van der Waals surface area contributed by atoms with Crippen molar-refractivity contribution < 1.29 is 9.90 Å². The van der Waals surface area contributed by atoms with Crippen molar-refractivity contribution in [2.24, 2.45) is 11.8 Å². The molecule has 0 spiro atoms. The lowest BCUT2D eigenvalue weighted by molar-refractivity contribution is 0.0947. The van der Waals surface area contributed by atoms with E-state index < -0.39 is 0 Å². The Labute approximate surface area is 120 Å². The van der Waals surface area contributed by atoms with Gasteiger partial charge in [0.2, 0.25) is 0 Å². The lowest BCUT2D eigenvalue weighted by atomic mass is 10.1. The van der Waals surface area contributed by atoms with Crippen LogP contribution < -0.4 is 5.32 Å². The van der Waals surface area contributed by atoms with E-state index in [4.69, 9.17) is 5.11 Å². The molecule has 1 saturated carbocycles. The maximum atomic E-state index is 12.1. The number of carbonyl (C=O) groups is 1. The fourth-order valence-electron chi connectivity index (χ4n) is 2.73. The van der Waals surface area contributed by atoms with Gasteiger partial charge in [-0.1, -0.05) is 31.3 Å². The minimum atomic E-state index is -0.170. The summed E-state index contributed by atoms with van der Waals surface area (Å²) in [5.41, 5.74) is 1.38. The summed E-state index contributed by atoms with van der Waals surface area (Å²) in [4.78, 5) is 12.1. The highest BCUT2D eigenvalue weighted by Gasteiger charge is 2.21. The topological polar surface area (TPSA) is 49.3 Å². The highest BCUT2D eigenvalue weighted by Crippen LogP contribution is 2.29. The summed E-state index contributed by atoms with van der Waals surface area (Å²) in [5, 5.41) is 11.7. The van der Waals surface area contributed by atoms with E-state index in [1.54, 1.807) is 12.1 Å². The lowest BCUT2D eigenvalue weighted by Crippen LogP contribution is -2.28. The van der Waals surface area contributed by atoms with Crippen LogP contribution in [0.5, 0.6) is 0 Å². The molecule has 2 rings (SSSR count). The Hall–Kier alpha value is -1.79. The molecule has 0 heterocycles. The zero-order chi connectivity index (χ0) is 14.4. The predicted octanol–water partition coefficient (Wildman–Crippen LogP) is 2.20. The summed E-state index contributed by atoms with van der Waals surface area (Å²) in [6.07, 6.45) is 3.69. The van der Waals surface area contributed by atoms with Crippen LogP contribution in [0.25, 0.3) is 0 Å². The van der Waals surface area contributed by atoms with Crippen molar-refractivity contribution in [3.05, 3.63) is 35.4 Å². The molecule has 1 aliphatic carbocycles. The number of aliphatic hydroxyl groups excluding tert-OH is 1. The molecule has 2 atom stereocenters. The number of amides is 1. The average molecular weight is 271 g/mol. The van der Waals surface area contributed by atoms with Gasteiger partial charge < -0.3 is 10.4 Å². The number of aliphatic hydroxyl groups is 1. The van der Waals surface area contributed by atoms with Crippen LogP contribution in [0.2, 0.25) is 0 Å². The Kier molecular flexibility index (Phi) is 5.20. The summed E-state index contributed by atoms with van der Waals surface area (Å²) in [7, 11) is 0. The third kappa shape index (κ3) is 4.11. The van der Waals surface area contributed by atoms with Gasteiger partial charge in [0.05, 0.1) is 0 Å². The van der Waals surface area contributed by atoms with Crippen LogP contribution in [0.15, 0.2) is 24.3 Å². The lowest BCUT2D eigenvalue weighted by Gasteiger charge is -2.11. The van der Waals surface area contributed by atoms with Crippen LogP contribution in [0.1, 0.15) is 42.1 Å². The molecule has 2 N–H and O–H groups in total. The maximum Gasteiger partial charge on any atom is 0.251 e. The van der Waals surface area contributed by atoms with Gasteiger partial charge in [0, 0.05) is 17.7 Å². The molecule has 0 bridgehead atoms. The van der Waals surface area contributed by atoms with Crippen LogP contribution in [0.4, 0.5) is 0 Å². The average Bonchev–Trinajstić information content (AvgIpc) is 2.88. The molecule has 2 unspecified atom stereocenters. The van der Waals surface area contributed by atoms with Crippen molar-refractivity contribution in [3.8, 4) is 11.8 Å². The first-order valence-electron chi connectivity index (χ1n) is 7.17. The van der Waals surface area contributed by atoms with Gasteiger partial charge in [-0.3, -0.25) is 4.79 Å². The van der Waals surface area contributed by atoms with Gasteiger partial charge in [-0.05, 0) is 42.9 Å². The van der Waals surface area contributed by atoms with Gasteiger partial charge in [-0.25, -0.2) is 0 Å². The molecule has 1 aliphatic rings. The van der Waals surface area contributed by atoms with Crippen molar-refractivity contribution in [1.82, 2.24) is 5.32 Å². The minimum Gasteiger partial charge on any atom is -0.384 e. The Morgan fingerprint density at radius 1 is 1.45 bits per heavy atom. The predicted molar refractivity (Wildman–Crippen MR) is 79.2 cm³/mol. The van der Waals surface area contributed by atoms with E-state index in [9.17, 15) is 4.79 Å². The van der Waals surface area contributed by atoms with Gasteiger partial charge >= 0.3 is 0 Å². The molecule has 3 nitrogen and oxygen atoms in total. The summed E-state index contributed by atoms with van der Waals surface area (Å²) < 4.78 is 0. The second-order valence-corrected chi connectivity index (χ2v) is 5.53. The molecule has 0 aliphatic heterocycles. The smallest absolute Gasteiger partial charge is 0.251 e.